The number of rotatable bonds is 0. The van der Waals surface area contributed by atoms with Crippen molar-refractivity contribution >= 4 is 5.78 Å². The van der Waals surface area contributed by atoms with Crippen LogP contribution in [0.25, 0.3) is 11.1 Å². The molecule has 1 aliphatic rings. The minimum absolute atomic E-state index is 0.164. The van der Waals surface area contributed by atoms with Gasteiger partial charge >= 0.3 is 0 Å². The summed E-state index contributed by atoms with van der Waals surface area (Å²) in [6.07, 6.45) is 0. The van der Waals surface area contributed by atoms with E-state index in [4.69, 9.17) is 0 Å². The third-order valence-electron chi connectivity index (χ3n) is 3.13. The standard InChI is InChI=1S/C15H12O/c1-9-3-5-11-12-6-4-10(2)8-14(12)15(16)13(11)7-9/h3-8H,1-2H3. The summed E-state index contributed by atoms with van der Waals surface area (Å²) in [7, 11) is 0. The maximum atomic E-state index is 12.2. The maximum Gasteiger partial charge on any atom is 0.194 e. The fourth-order valence-corrected chi connectivity index (χ4v) is 2.31. The summed E-state index contributed by atoms with van der Waals surface area (Å²) in [5.41, 5.74) is 6.12. The van der Waals surface area contributed by atoms with Crippen LogP contribution in [0, 0.1) is 13.8 Å². The number of hydrogen-bond donors (Lipinski definition) is 0. The summed E-state index contributed by atoms with van der Waals surface area (Å²) < 4.78 is 0. The van der Waals surface area contributed by atoms with Crippen LogP contribution in [-0.4, -0.2) is 5.78 Å². The fraction of sp³-hybridized carbons (Fsp3) is 0.133. The molecule has 1 aliphatic carbocycles. The molecule has 0 spiro atoms. The van der Waals surface area contributed by atoms with Gasteiger partial charge in [0.15, 0.2) is 5.78 Å². The lowest BCUT2D eigenvalue weighted by molar-refractivity contribution is 0.104. The molecule has 0 bridgehead atoms. The van der Waals surface area contributed by atoms with E-state index < -0.39 is 0 Å². The van der Waals surface area contributed by atoms with Crippen LogP contribution in [0.5, 0.6) is 0 Å². The van der Waals surface area contributed by atoms with Crippen molar-refractivity contribution in [3.8, 4) is 11.1 Å². The van der Waals surface area contributed by atoms with Gasteiger partial charge in [-0.25, -0.2) is 0 Å². The van der Waals surface area contributed by atoms with Crippen molar-refractivity contribution in [2.75, 3.05) is 0 Å². The van der Waals surface area contributed by atoms with Crippen molar-refractivity contribution in [2.24, 2.45) is 0 Å². The molecule has 16 heavy (non-hydrogen) atoms. The SMILES string of the molecule is Cc1ccc2c(c1)C(=O)c1cc(C)ccc1-2. The van der Waals surface area contributed by atoms with E-state index in [2.05, 4.69) is 12.1 Å². The Hall–Kier alpha value is -1.89. The number of fused-ring (bicyclic) bond motifs is 3. The summed E-state index contributed by atoms with van der Waals surface area (Å²) >= 11 is 0. The summed E-state index contributed by atoms with van der Waals surface area (Å²) in [6, 6.07) is 12.2. The number of benzene rings is 2. The Bertz CT molecular complexity index is 555. The first-order chi connectivity index (χ1) is 7.66. The zero-order valence-electron chi connectivity index (χ0n) is 9.37. The van der Waals surface area contributed by atoms with Gasteiger partial charge in [-0.3, -0.25) is 4.79 Å². The quantitative estimate of drug-likeness (QED) is 0.552. The van der Waals surface area contributed by atoms with Gasteiger partial charge < -0.3 is 0 Å². The van der Waals surface area contributed by atoms with Crippen LogP contribution in [0.4, 0.5) is 0 Å². The highest BCUT2D eigenvalue weighted by molar-refractivity contribution is 6.21. The van der Waals surface area contributed by atoms with Crippen LogP contribution in [-0.2, 0) is 0 Å². The second kappa shape index (κ2) is 3.05. The molecule has 0 aliphatic heterocycles. The first-order valence-electron chi connectivity index (χ1n) is 5.43. The molecule has 0 unspecified atom stereocenters. The molecule has 1 heteroatoms. The Kier molecular flexibility index (Phi) is 1.78. The molecule has 3 rings (SSSR count). The molecule has 0 heterocycles. The molecule has 0 aromatic heterocycles. The van der Waals surface area contributed by atoms with Gasteiger partial charge in [0.2, 0.25) is 0 Å². The summed E-state index contributed by atoms with van der Waals surface area (Å²) in [5.74, 6) is 0.164. The average Bonchev–Trinajstić information content (AvgIpc) is 2.53. The highest BCUT2D eigenvalue weighted by Gasteiger charge is 2.26. The van der Waals surface area contributed by atoms with Crippen molar-refractivity contribution in [1.82, 2.24) is 0 Å². The Morgan fingerprint density at radius 1 is 0.688 bits per heavy atom. The van der Waals surface area contributed by atoms with Crippen molar-refractivity contribution in [2.45, 2.75) is 13.8 Å². The van der Waals surface area contributed by atoms with E-state index in [1.165, 1.54) is 0 Å². The second-order valence-electron chi connectivity index (χ2n) is 4.43. The first-order valence-corrected chi connectivity index (χ1v) is 5.43. The van der Waals surface area contributed by atoms with E-state index >= 15 is 0 Å². The molecule has 78 valence electrons. The van der Waals surface area contributed by atoms with Gasteiger partial charge in [0.05, 0.1) is 0 Å². The van der Waals surface area contributed by atoms with E-state index in [1.807, 2.05) is 38.1 Å². The zero-order valence-corrected chi connectivity index (χ0v) is 9.37. The number of hydrogen-bond acceptors (Lipinski definition) is 1. The number of carbonyl (C=O) groups excluding carboxylic acids is 1. The molecule has 0 N–H and O–H groups in total. The van der Waals surface area contributed by atoms with Gasteiger partial charge in [0, 0.05) is 11.1 Å². The Labute approximate surface area is 94.7 Å². The predicted octanol–water partition coefficient (Wildman–Crippen LogP) is 3.51. The van der Waals surface area contributed by atoms with Gasteiger partial charge in [0.1, 0.15) is 0 Å². The van der Waals surface area contributed by atoms with Crippen LogP contribution >= 0.6 is 0 Å². The van der Waals surface area contributed by atoms with Gasteiger partial charge in [0.25, 0.3) is 0 Å². The lowest BCUT2D eigenvalue weighted by atomic mass is 10.0. The average molecular weight is 208 g/mol. The van der Waals surface area contributed by atoms with E-state index in [0.29, 0.717) is 0 Å². The molecule has 1 nitrogen and oxygen atoms in total. The van der Waals surface area contributed by atoms with Crippen molar-refractivity contribution < 1.29 is 4.79 Å². The second-order valence-corrected chi connectivity index (χ2v) is 4.43. The molecule has 2 aromatic carbocycles. The van der Waals surface area contributed by atoms with Crippen LogP contribution < -0.4 is 0 Å². The Balaban J connectivity index is 2.34. The summed E-state index contributed by atoms with van der Waals surface area (Å²) in [4.78, 5) is 12.2. The van der Waals surface area contributed by atoms with E-state index in [-0.39, 0.29) is 5.78 Å². The van der Waals surface area contributed by atoms with Crippen molar-refractivity contribution in [3.63, 3.8) is 0 Å². The van der Waals surface area contributed by atoms with Crippen LogP contribution in [0.15, 0.2) is 36.4 Å². The van der Waals surface area contributed by atoms with E-state index in [1.54, 1.807) is 0 Å². The molecule has 0 radical (unpaired) electrons. The molecule has 0 atom stereocenters. The lowest BCUT2D eigenvalue weighted by Gasteiger charge is -2.00. The molecule has 2 aromatic rings. The largest absolute Gasteiger partial charge is 0.289 e. The smallest absolute Gasteiger partial charge is 0.194 e. The maximum absolute atomic E-state index is 12.2. The van der Waals surface area contributed by atoms with Crippen molar-refractivity contribution in [1.29, 1.82) is 0 Å². The van der Waals surface area contributed by atoms with Gasteiger partial charge in [-0.2, -0.15) is 0 Å². The van der Waals surface area contributed by atoms with Gasteiger partial charge in [-0.05, 0) is 37.1 Å². The van der Waals surface area contributed by atoms with Gasteiger partial charge in [-0.1, -0.05) is 35.4 Å². The third kappa shape index (κ3) is 1.15. The van der Waals surface area contributed by atoms with Crippen molar-refractivity contribution in [3.05, 3.63) is 58.7 Å². The minimum atomic E-state index is 0.164. The molecular weight excluding hydrogens is 196 g/mol. The zero-order chi connectivity index (χ0) is 11.3. The molecule has 0 saturated heterocycles. The third-order valence-corrected chi connectivity index (χ3v) is 3.13. The minimum Gasteiger partial charge on any atom is -0.289 e. The van der Waals surface area contributed by atoms with E-state index in [9.17, 15) is 4.79 Å². The molecule has 0 amide bonds. The lowest BCUT2D eigenvalue weighted by Crippen LogP contribution is -1.95. The molecule has 0 fully saturated rings. The highest BCUT2D eigenvalue weighted by Crippen LogP contribution is 2.37. The fourth-order valence-electron chi connectivity index (χ4n) is 2.31. The predicted molar refractivity (Wildman–Crippen MR) is 64.8 cm³/mol. The molecule has 0 saturated carbocycles. The van der Waals surface area contributed by atoms with E-state index in [0.717, 1.165) is 33.4 Å². The van der Waals surface area contributed by atoms with Crippen LogP contribution in [0.3, 0.4) is 0 Å². The van der Waals surface area contributed by atoms with Gasteiger partial charge in [-0.15, -0.1) is 0 Å². The first kappa shape index (κ1) is 9.34. The Morgan fingerprint density at radius 2 is 1.12 bits per heavy atom. The number of aryl methyl sites for hydroxylation is 2. The highest BCUT2D eigenvalue weighted by atomic mass is 16.1. The van der Waals surface area contributed by atoms with Crippen LogP contribution in [0.2, 0.25) is 0 Å². The van der Waals surface area contributed by atoms with Crippen LogP contribution in [0.1, 0.15) is 27.0 Å². The normalized spacial score (nSPS) is 12.5. The number of ketones is 1. The molecular formula is C15H12O. The summed E-state index contributed by atoms with van der Waals surface area (Å²) in [5, 5.41) is 0. The topological polar surface area (TPSA) is 17.1 Å². The summed E-state index contributed by atoms with van der Waals surface area (Å²) in [6.45, 7) is 4.03. The number of carbonyl (C=O) groups is 1. The Morgan fingerprint density at radius 3 is 1.56 bits per heavy atom. The monoisotopic (exact) mass is 208 g/mol.